The molecular formula is C45H62N2. The van der Waals surface area contributed by atoms with Crippen LogP contribution in [0, 0.1) is 0 Å². The van der Waals surface area contributed by atoms with E-state index in [2.05, 4.69) is 72.8 Å². The van der Waals surface area contributed by atoms with E-state index in [-0.39, 0.29) is 0 Å². The summed E-state index contributed by atoms with van der Waals surface area (Å²) in [6.45, 7) is 0. The van der Waals surface area contributed by atoms with Crippen molar-refractivity contribution in [2.24, 2.45) is 0 Å². The average molecular weight is 631 g/mol. The highest BCUT2D eigenvalue weighted by Crippen LogP contribution is 2.18. The minimum absolute atomic E-state index is 0.833. The van der Waals surface area contributed by atoms with Crippen molar-refractivity contribution < 1.29 is 0 Å². The summed E-state index contributed by atoms with van der Waals surface area (Å²) in [7, 11) is 0. The standard InChI is InChI=1S/C45H62N2/c46-44-32-28-42(29-33-44)36-40-24-20-38(21-25-40)18-16-14-12-10-8-6-4-2-1-3-5-7-9-11-13-15-17-19-39-22-26-41(27-23-39)37-43-30-34-45(47)35-31-43/h20-35H,1-19,36-37,46-47H2. The summed E-state index contributed by atoms with van der Waals surface area (Å²) in [4.78, 5) is 0. The van der Waals surface area contributed by atoms with Gasteiger partial charge in [0.1, 0.15) is 0 Å². The lowest BCUT2D eigenvalue weighted by Crippen LogP contribution is -1.91. The third-order valence-corrected chi connectivity index (χ3v) is 9.75. The van der Waals surface area contributed by atoms with Crippen LogP contribution in [0.2, 0.25) is 0 Å². The van der Waals surface area contributed by atoms with E-state index in [9.17, 15) is 0 Å². The van der Waals surface area contributed by atoms with Gasteiger partial charge in [0.25, 0.3) is 0 Å². The quantitative estimate of drug-likeness (QED) is 0.0598. The third kappa shape index (κ3) is 15.8. The molecule has 0 radical (unpaired) electrons. The van der Waals surface area contributed by atoms with Gasteiger partial charge in [0.05, 0.1) is 0 Å². The zero-order chi connectivity index (χ0) is 32.8. The van der Waals surface area contributed by atoms with Gasteiger partial charge in [0.2, 0.25) is 0 Å². The second-order valence-electron chi connectivity index (χ2n) is 14.0. The Labute approximate surface area is 287 Å². The minimum atomic E-state index is 0.833. The molecule has 0 saturated carbocycles. The first-order chi connectivity index (χ1) is 23.1. The molecule has 0 amide bonds. The van der Waals surface area contributed by atoms with Gasteiger partial charge in [-0.2, -0.15) is 0 Å². The second-order valence-corrected chi connectivity index (χ2v) is 14.0. The van der Waals surface area contributed by atoms with Crippen molar-refractivity contribution in [2.45, 2.75) is 135 Å². The maximum Gasteiger partial charge on any atom is 0.0314 e. The largest absolute Gasteiger partial charge is 0.399 e. The van der Waals surface area contributed by atoms with E-state index >= 15 is 0 Å². The smallest absolute Gasteiger partial charge is 0.0314 e. The van der Waals surface area contributed by atoms with Crippen molar-refractivity contribution in [3.05, 3.63) is 130 Å². The number of hydrogen-bond donors (Lipinski definition) is 2. The van der Waals surface area contributed by atoms with E-state index in [0.717, 1.165) is 24.2 Å². The summed E-state index contributed by atoms with van der Waals surface area (Å²) in [5, 5.41) is 0. The van der Waals surface area contributed by atoms with Gasteiger partial charge in [-0.1, -0.05) is 169 Å². The zero-order valence-corrected chi connectivity index (χ0v) is 29.2. The molecule has 4 aromatic carbocycles. The van der Waals surface area contributed by atoms with E-state index in [1.165, 1.54) is 155 Å². The van der Waals surface area contributed by atoms with Crippen LogP contribution in [-0.2, 0) is 25.7 Å². The number of nitrogen functional groups attached to an aromatic ring is 2. The molecule has 4 N–H and O–H groups in total. The van der Waals surface area contributed by atoms with Crippen molar-refractivity contribution in [1.82, 2.24) is 0 Å². The molecule has 0 unspecified atom stereocenters. The molecule has 2 nitrogen and oxygen atoms in total. The molecule has 4 rings (SSSR count). The van der Waals surface area contributed by atoms with Crippen molar-refractivity contribution in [3.63, 3.8) is 0 Å². The number of benzene rings is 4. The fourth-order valence-electron chi connectivity index (χ4n) is 6.70. The zero-order valence-electron chi connectivity index (χ0n) is 29.2. The van der Waals surface area contributed by atoms with Gasteiger partial charge < -0.3 is 11.5 Å². The highest BCUT2D eigenvalue weighted by molar-refractivity contribution is 5.41. The van der Waals surface area contributed by atoms with Gasteiger partial charge in [0, 0.05) is 11.4 Å². The third-order valence-electron chi connectivity index (χ3n) is 9.75. The summed E-state index contributed by atoms with van der Waals surface area (Å²) in [5.41, 5.74) is 21.6. The molecule has 2 heteroatoms. The van der Waals surface area contributed by atoms with Crippen molar-refractivity contribution in [1.29, 1.82) is 0 Å². The van der Waals surface area contributed by atoms with Crippen LogP contribution in [0.1, 0.15) is 143 Å². The molecule has 0 bridgehead atoms. The normalized spacial score (nSPS) is 11.2. The molecule has 0 fully saturated rings. The topological polar surface area (TPSA) is 52.0 Å². The van der Waals surface area contributed by atoms with Crippen molar-refractivity contribution >= 4 is 11.4 Å². The summed E-state index contributed by atoms with van der Waals surface area (Å²) in [6, 6.07) is 34.9. The Hall–Kier alpha value is -3.52. The Balaban J connectivity index is 0.866. The predicted molar refractivity (Wildman–Crippen MR) is 206 cm³/mol. The molecular weight excluding hydrogens is 569 g/mol. The van der Waals surface area contributed by atoms with E-state index in [1.54, 1.807) is 0 Å². The van der Waals surface area contributed by atoms with Crippen LogP contribution in [-0.4, -0.2) is 0 Å². The molecule has 0 aromatic heterocycles. The number of anilines is 2. The van der Waals surface area contributed by atoms with Crippen LogP contribution >= 0.6 is 0 Å². The van der Waals surface area contributed by atoms with Crippen LogP contribution in [0.15, 0.2) is 97.1 Å². The summed E-state index contributed by atoms with van der Waals surface area (Å²) >= 11 is 0. The lowest BCUT2D eigenvalue weighted by atomic mass is 10.00. The van der Waals surface area contributed by atoms with Gasteiger partial charge in [0.15, 0.2) is 0 Å². The van der Waals surface area contributed by atoms with Gasteiger partial charge >= 0.3 is 0 Å². The average Bonchev–Trinajstić information content (AvgIpc) is 3.09. The summed E-state index contributed by atoms with van der Waals surface area (Å²) < 4.78 is 0. The molecule has 0 aliphatic heterocycles. The number of aryl methyl sites for hydroxylation is 2. The van der Waals surface area contributed by atoms with E-state index in [1.807, 2.05) is 24.3 Å². The van der Waals surface area contributed by atoms with E-state index in [4.69, 9.17) is 11.5 Å². The molecule has 0 atom stereocenters. The highest BCUT2D eigenvalue weighted by atomic mass is 14.5. The monoisotopic (exact) mass is 630 g/mol. The fraction of sp³-hybridized carbons (Fsp3) is 0.467. The molecule has 4 aromatic rings. The van der Waals surface area contributed by atoms with Crippen molar-refractivity contribution in [2.75, 3.05) is 11.5 Å². The van der Waals surface area contributed by atoms with Gasteiger partial charge in [-0.05, 0) is 96.2 Å². The highest BCUT2D eigenvalue weighted by Gasteiger charge is 2.01. The maximum absolute atomic E-state index is 5.80. The fourth-order valence-corrected chi connectivity index (χ4v) is 6.70. The SMILES string of the molecule is Nc1ccc(Cc2ccc(CCCCCCCCCCCCCCCCCCCc3ccc(Cc4ccc(N)cc4)cc3)cc2)cc1. The first-order valence-electron chi connectivity index (χ1n) is 19.0. The maximum atomic E-state index is 5.80. The van der Waals surface area contributed by atoms with Crippen LogP contribution in [0.4, 0.5) is 11.4 Å². The van der Waals surface area contributed by atoms with E-state index in [0.29, 0.717) is 0 Å². The number of rotatable bonds is 24. The summed E-state index contributed by atoms with van der Waals surface area (Å²) in [5.74, 6) is 0. The van der Waals surface area contributed by atoms with E-state index < -0.39 is 0 Å². The first-order valence-corrected chi connectivity index (χ1v) is 19.0. The van der Waals surface area contributed by atoms with Gasteiger partial charge in [-0.3, -0.25) is 0 Å². The van der Waals surface area contributed by atoms with Crippen LogP contribution < -0.4 is 11.5 Å². The Morgan fingerprint density at radius 3 is 0.681 bits per heavy atom. The van der Waals surface area contributed by atoms with Crippen LogP contribution in [0.3, 0.4) is 0 Å². The molecule has 0 aliphatic carbocycles. The Morgan fingerprint density at radius 1 is 0.234 bits per heavy atom. The number of nitrogens with two attached hydrogens (primary N) is 2. The van der Waals surface area contributed by atoms with Crippen LogP contribution in [0.5, 0.6) is 0 Å². The Kier molecular flexibility index (Phi) is 17.1. The molecule has 0 heterocycles. The molecule has 0 saturated heterocycles. The van der Waals surface area contributed by atoms with Crippen LogP contribution in [0.25, 0.3) is 0 Å². The lowest BCUT2D eigenvalue weighted by Gasteiger charge is -2.06. The van der Waals surface area contributed by atoms with Crippen molar-refractivity contribution in [3.8, 4) is 0 Å². The summed E-state index contributed by atoms with van der Waals surface area (Å²) in [6.07, 6.45) is 28.3. The molecule has 252 valence electrons. The minimum Gasteiger partial charge on any atom is -0.399 e. The lowest BCUT2D eigenvalue weighted by molar-refractivity contribution is 0.525. The Bertz CT molecular complexity index is 1230. The molecule has 47 heavy (non-hydrogen) atoms. The van der Waals surface area contributed by atoms with Gasteiger partial charge in [-0.25, -0.2) is 0 Å². The first kappa shape index (κ1) is 36.3. The number of unbranched alkanes of at least 4 members (excludes halogenated alkanes) is 16. The predicted octanol–water partition coefficient (Wildman–Crippen LogP) is 12.4. The molecule has 0 spiro atoms. The molecule has 0 aliphatic rings. The Morgan fingerprint density at radius 2 is 0.426 bits per heavy atom. The second kappa shape index (κ2) is 22.1. The number of hydrogen-bond acceptors (Lipinski definition) is 2. The van der Waals surface area contributed by atoms with Gasteiger partial charge in [-0.15, -0.1) is 0 Å².